The molecule has 0 spiro atoms. The lowest BCUT2D eigenvalue weighted by molar-refractivity contribution is -0.141. The van der Waals surface area contributed by atoms with E-state index >= 15 is 0 Å². The van der Waals surface area contributed by atoms with Crippen LogP contribution >= 0.6 is 11.8 Å². The maximum atomic E-state index is 12.7. The first-order valence-electron chi connectivity index (χ1n) is 9.71. The lowest BCUT2D eigenvalue weighted by Gasteiger charge is -2.37. The average Bonchev–Trinajstić information content (AvgIpc) is 2.64. The topological polar surface area (TPSA) is 16.1 Å². The molecule has 0 aliphatic heterocycles. The molecule has 1 aliphatic carbocycles. The summed E-state index contributed by atoms with van der Waals surface area (Å²) >= 11 is 1.90. The van der Waals surface area contributed by atoms with Crippen LogP contribution in [-0.4, -0.2) is 41.0 Å². The van der Waals surface area contributed by atoms with Crippen LogP contribution in [0.5, 0.6) is 0 Å². The van der Waals surface area contributed by atoms with Gasteiger partial charge in [0.2, 0.25) is 0 Å². The van der Waals surface area contributed by atoms with E-state index in [9.17, 15) is 13.2 Å². The van der Waals surface area contributed by atoms with Gasteiger partial charge in [0.05, 0.1) is 0 Å². The maximum absolute atomic E-state index is 12.7. The molecule has 0 atom stereocenters. The van der Waals surface area contributed by atoms with Crippen molar-refractivity contribution < 1.29 is 13.2 Å². The molecule has 1 aromatic rings. The third-order valence-corrected chi connectivity index (χ3v) is 6.05. The summed E-state index contributed by atoms with van der Waals surface area (Å²) in [5.41, 5.74) is 0.161. The van der Waals surface area contributed by atoms with Crippen molar-refractivity contribution in [1.29, 1.82) is 0 Å². The fourth-order valence-corrected chi connectivity index (χ4v) is 4.26. The molecule has 2 rings (SSSR count). The molecule has 1 heterocycles. The minimum atomic E-state index is -4.35. The lowest BCUT2D eigenvalue weighted by Crippen LogP contribution is -2.39. The first kappa shape index (κ1) is 21.5. The monoisotopic (exact) mass is 388 g/mol. The highest BCUT2D eigenvalue weighted by Gasteiger charge is 2.33. The lowest BCUT2D eigenvalue weighted by atomic mass is 9.81. The van der Waals surface area contributed by atoms with Crippen molar-refractivity contribution in [3.63, 3.8) is 0 Å². The molecular weight excluding hydrogens is 357 g/mol. The number of unbranched alkanes of at least 4 members (excludes halogenated alkanes) is 1. The van der Waals surface area contributed by atoms with Crippen molar-refractivity contribution in [3.8, 4) is 0 Å². The van der Waals surface area contributed by atoms with Gasteiger partial charge < -0.3 is 4.90 Å². The minimum Gasteiger partial charge on any atom is -0.300 e. The number of pyridine rings is 1. The van der Waals surface area contributed by atoms with Gasteiger partial charge in [0.15, 0.2) is 0 Å². The summed E-state index contributed by atoms with van der Waals surface area (Å²) in [6.45, 7) is 4.56. The Bertz CT molecular complexity index is 511. The molecule has 0 bridgehead atoms. The maximum Gasteiger partial charge on any atom is 0.433 e. The zero-order chi connectivity index (χ0) is 19.0. The molecular formula is C20H31F3N2S. The van der Waals surface area contributed by atoms with Gasteiger partial charge in [0, 0.05) is 12.2 Å². The zero-order valence-electron chi connectivity index (χ0n) is 15.9. The average molecular weight is 389 g/mol. The molecule has 1 fully saturated rings. The Morgan fingerprint density at radius 1 is 1.12 bits per heavy atom. The predicted octanol–water partition coefficient (Wildman–Crippen LogP) is 5.98. The summed E-state index contributed by atoms with van der Waals surface area (Å²) < 4.78 is 38.0. The van der Waals surface area contributed by atoms with Crippen LogP contribution in [0, 0.1) is 0 Å². The SMILES string of the molecule is CCCCN(CCCSC)[C@H]1CC[C@@H](c2ccc(C(F)(F)F)nc2)CC1. The molecule has 148 valence electrons. The van der Waals surface area contributed by atoms with E-state index in [4.69, 9.17) is 0 Å². The summed E-state index contributed by atoms with van der Waals surface area (Å²) in [6, 6.07) is 3.37. The van der Waals surface area contributed by atoms with Crippen molar-refractivity contribution >= 4 is 11.8 Å². The smallest absolute Gasteiger partial charge is 0.300 e. The Balaban J connectivity index is 1.89. The summed E-state index contributed by atoms with van der Waals surface area (Å²) in [4.78, 5) is 6.29. The van der Waals surface area contributed by atoms with E-state index in [1.54, 1.807) is 6.07 Å². The molecule has 0 amide bonds. The van der Waals surface area contributed by atoms with E-state index in [0.717, 1.165) is 43.9 Å². The number of alkyl halides is 3. The van der Waals surface area contributed by atoms with Crippen LogP contribution in [0.25, 0.3) is 0 Å². The van der Waals surface area contributed by atoms with Crippen LogP contribution in [0.15, 0.2) is 18.3 Å². The van der Waals surface area contributed by atoms with Crippen LogP contribution in [0.2, 0.25) is 0 Å². The van der Waals surface area contributed by atoms with Gasteiger partial charge in [0.1, 0.15) is 5.69 Å². The molecule has 0 N–H and O–H groups in total. The Kier molecular flexibility index (Phi) is 8.74. The quantitative estimate of drug-likeness (QED) is 0.484. The van der Waals surface area contributed by atoms with Gasteiger partial charge in [0.25, 0.3) is 0 Å². The molecule has 0 unspecified atom stereocenters. The molecule has 0 radical (unpaired) electrons. The minimum absolute atomic E-state index is 0.347. The number of thioether (sulfide) groups is 1. The molecule has 1 aromatic heterocycles. The fourth-order valence-electron chi connectivity index (χ4n) is 3.84. The molecule has 6 heteroatoms. The number of aromatic nitrogens is 1. The van der Waals surface area contributed by atoms with Crippen LogP contribution in [0.1, 0.15) is 69.0 Å². The highest BCUT2D eigenvalue weighted by Crippen LogP contribution is 2.36. The predicted molar refractivity (Wildman–Crippen MR) is 104 cm³/mol. The van der Waals surface area contributed by atoms with Crippen molar-refractivity contribution in [3.05, 3.63) is 29.6 Å². The summed E-state index contributed by atoms with van der Waals surface area (Å²) in [5, 5.41) is 0. The highest BCUT2D eigenvalue weighted by atomic mass is 32.2. The Labute approximate surface area is 159 Å². The van der Waals surface area contributed by atoms with E-state index in [2.05, 4.69) is 23.1 Å². The van der Waals surface area contributed by atoms with E-state index in [0.29, 0.717) is 12.0 Å². The Hall–Kier alpha value is -0.750. The van der Waals surface area contributed by atoms with Crippen LogP contribution in [-0.2, 0) is 6.18 Å². The van der Waals surface area contributed by atoms with Crippen molar-refractivity contribution in [2.45, 2.75) is 70.0 Å². The van der Waals surface area contributed by atoms with Crippen molar-refractivity contribution in [2.75, 3.05) is 25.1 Å². The van der Waals surface area contributed by atoms with Gasteiger partial charge in [-0.2, -0.15) is 24.9 Å². The second kappa shape index (κ2) is 10.5. The summed E-state index contributed by atoms with van der Waals surface area (Å²) in [7, 11) is 0. The number of rotatable bonds is 9. The molecule has 0 saturated heterocycles. The largest absolute Gasteiger partial charge is 0.433 e. The van der Waals surface area contributed by atoms with Crippen LogP contribution in [0.3, 0.4) is 0 Å². The second-order valence-corrected chi connectivity index (χ2v) is 8.20. The molecule has 1 aliphatic rings. The van der Waals surface area contributed by atoms with E-state index in [1.165, 1.54) is 37.8 Å². The van der Waals surface area contributed by atoms with Crippen molar-refractivity contribution in [2.24, 2.45) is 0 Å². The standard InChI is InChI=1S/C20H31F3N2S/c1-3-4-12-25(13-5-14-26-2)18-9-6-16(7-10-18)17-8-11-19(24-15-17)20(21,22)23/h8,11,15-16,18H,3-7,9-10,12-14H2,1-2H3/t16-,18+. The van der Waals surface area contributed by atoms with E-state index < -0.39 is 11.9 Å². The van der Waals surface area contributed by atoms with E-state index in [-0.39, 0.29) is 0 Å². The van der Waals surface area contributed by atoms with Gasteiger partial charge >= 0.3 is 6.18 Å². The summed E-state index contributed by atoms with van der Waals surface area (Å²) in [5.74, 6) is 1.55. The molecule has 0 aromatic carbocycles. The number of hydrogen-bond acceptors (Lipinski definition) is 3. The second-order valence-electron chi connectivity index (χ2n) is 7.22. The third-order valence-electron chi connectivity index (χ3n) is 5.35. The highest BCUT2D eigenvalue weighted by molar-refractivity contribution is 7.98. The Morgan fingerprint density at radius 2 is 1.81 bits per heavy atom. The zero-order valence-corrected chi connectivity index (χ0v) is 16.7. The van der Waals surface area contributed by atoms with Gasteiger partial charge in [-0.15, -0.1) is 0 Å². The fraction of sp³-hybridized carbons (Fsp3) is 0.750. The number of hydrogen-bond donors (Lipinski definition) is 0. The first-order valence-corrected chi connectivity index (χ1v) is 11.1. The number of nitrogens with zero attached hydrogens (tertiary/aromatic N) is 2. The van der Waals surface area contributed by atoms with E-state index in [1.807, 2.05) is 11.8 Å². The molecule has 26 heavy (non-hydrogen) atoms. The van der Waals surface area contributed by atoms with Gasteiger partial charge in [-0.3, -0.25) is 4.98 Å². The van der Waals surface area contributed by atoms with Crippen molar-refractivity contribution in [1.82, 2.24) is 9.88 Å². The first-order chi connectivity index (χ1) is 12.5. The Morgan fingerprint density at radius 3 is 2.35 bits per heavy atom. The normalized spacial score (nSPS) is 21.3. The molecule has 1 saturated carbocycles. The molecule has 2 nitrogen and oxygen atoms in total. The summed E-state index contributed by atoms with van der Waals surface area (Å²) in [6.07, 6.45) is 7.27. The van der Waals surface area contributed by atoms with Gasteiger partial charge in [-0.1, -0.05) is 19.4 Å². The third kappa shape index (κ3) is 6.45. The van der Waals surface area contributed by atoms with Crippen LogP contribution < -0.4 is 0 Å². The van der Waals surface area contributed by atoms with Gasteiger partial charge in [-0.05, 0) is 81.2 Å². The van der Waals surface area contributed by atoms with Gasteiger partial charge in [-0.25, -0.2) is 0 Å². The number of halogens is 3. The van der Waals surface area contributed by atoms with Crippen LogP contribution in [0.4, 0.5) is 13.2 Å².